The van der Waals surface area contributed by atoms with Gasteiger partial charge >= 0.3 is 0 Å². The molecule has 0 aliphatic carbocycles. The summed E-state index contributed by atoms with van der Waals surface area (Å²) in [6.07, 6.45) is 0. The van der Waals surface area contributed by atoms with E-state index in [1.807, 2.05) is 36.4 Å². The van der Waals surface area contributed by atoms with Crippen LogP contribution in [0.2, 0.25) is 0 Å². The van der Waals surface area contributed by atoms with Gasteiger partial charge in [-0.05, 0) is 47.2 Å². The van der Waals surface area contributed by atoms with Crippen molar-refractivity contribution in [2.75, 3.05) is 0 Å². The number of oxazole rings is 1. The minimum atomic E-state index is 0.607. The Kier molecular flexibility index (Phi) is 4.42. The molecule has 43 heavy (non-hydrogen) atoms. The molecule has 0 saturated carbocycles. The first-order valence-electron chi connectivity index (χ1n) is 14.5. The van der Waals surface area contributed by atoms with Gasteiger partial charge in [0.1, 0.15) is 16.7 Å². The van der Waals surface area contributed by atoms with Gasteiger partial charge in [-0.1, -0.05) is 91.0 Å². The number of aromatic nitrogens is 2. The zero-order chi connectivity index (χ0) is 28.1. The van der Waals surface area contributed by atoms with E-state index in [-0.39, 0.29) is 0 Å². The molecule has 4 heteroatoms. The molecule has 3 heterocycles. The summed E-state index contributed by atoms with van der Waals surface area (Å²) < 4.78 is 15.1. The molecule has 0 spiro atoms. The van der Waals surface area contributed by atoms with Crippen molar-refractivity contribution in [3.63, 3.8) is 0 Å². The van der Waals surface area contributed by atoms with Crippen LogP contribution >= 0.6 is 0 Å². The van der Waals surface area contributed by atoms with Crippen LogP contribution in [0.25, 0.3) is 93.5 Å². The second kappa shape index (κ2) is 8.34. The summed E-state index contributed by atoms with van der Waals surface area (Å²) >= 11 is 0. The molecule has 0 fully saturated rings. The molecule has 0 saturated heterocycles. The Morgan fingerprint density at radius 1 is 0.488 bits per heavy atom. The number of rotatable bonds is 2. The van der Waals surface area contributed by atoms with Crippen LogP contribution in [0.1, 0.15) is 0 Å². The fourth-order valence-corrected chi connectivity index (χ4v) is 6.92. The van der Waals surface area contributed by atoms with E-state index in [1.54, 1.807) is 0 Å². The molecule has 0 atom stereocenters. The molecule has 0 unspecified atom stereocenters. The molecule has 0 radical (unpaired) electrons. The smallest absolute Gasteiger partial charge is 0.227 e. The van der Waals surface area contributed by atoms with Gasteiger partial charge in [-0.2, -0.15) is 0 Å². The molecule has 10 rings (SSSR count). The van der Waals surface area contributed by atoms with Crippen molar-refractivity contribution in [3.8, 4) is 17.1 Å². The van der Waals surface area contributed by atoms with Crippen molar-refractivity contribution in [2.45, 2.75) is 0 Å². The largest absolute Gasteiger partial charge is 0.456 e. The molecule has 0 bridgehead atoms. The third-order valence-corrected chi connectivity index (χ3v) is 8.80. The maximum absolute atomic E-state index is 6.60. The molecule has 0 amide bonds. The zero-order valence-corrected chi connectivity index (χ0v) is 22.9. The SMILES string of the molecule is c1ccc2c(c1)ccc1c3ccccc3n(-c3cc4oc5ccc(-c6nc7ccccc7o6)cc5c4c4ccccc34)c21. The predicted octanol–water partition coefficient (Wildman–Crippen LogP) is 10.8. The quantitative estimate of drug-likeness (QED) is 0.215. The lowest BCUT2D eigenvalue weighted by Crippen LogP contribution is -1.96. The van der Waals surface area contributed by atoms with Gasteiger partial charge in [0, 0.05) is 43.9 Å². The van der Waals surface area contributed by atoms with E-state index in [2.05, 4.69) is 102 Å². The summed E-state index contributed by atoms with van der Waals surface area (Å²) in [4.78, 5) is 4.75. The number of fused-ring (bicyclic) bond motifs is 11. The Balaban J connectivity index is 1.32. The molecular formula is C39H22N2O2. The first-order chi connectivity index (χ1) is 21.3. The highest BCUT2D eigenvalue weighted by molar-refractivity contribution is 6.23. The molecular weight excluding hydrogens is 528 g/mol. The van der Waals surface area contributed by atoms with Gasteiger partial charge in [-0.25, -0.2) is 4.98 Å². The topological polar surface area (TPSA) is 44.1 Å². The van der Waals surface area contributed by atoms with E-state index in [0.717, 1.165) is 49.7 Å². The van der Waals surface area contributed by atoms with Crippen molar-refractivity contribution in [3.05, 3.63) is 133 Å². The molecule has 10 aromatic rings. The molecule has 7 aromatic carbocycles. The first kappa shape index (κ1) is 22.8. The number of furan rings is 1. The van der Waals surface area contributed by atoms with Gasteiger partial charge in [-0.3, -0.25) is 0 Å². The summed E-state index contributed by atoms with van der Waals surface area (Å²) in [5.74, 6) is 0.607. The van der Waals surface area contributed by atoms with Crippen molar-refractivity contribution in [1.82, 2.24) is 9.55 Å². The fraction of sp³-hybridized carbons (Fsp3) is 0. The summed E-state index contributed by atoms with van der Waals surface area (Å²) in [5, 5.41) is 9.39. The number of nitrogens with zero attached hydrogens (tertiary/aromatic N) is 2. The van der Waals surface area contributed by atoms with E-state index < -0.39 is 0 Å². The van der Waals surface area contributed by atoms with E-state index in [4.69, 9.17) is 13.8 Å². The molecule has 3 aromatic heterocycles. The second-order valence-electron chi connectivity index (χ2n) is 11.1. The van der Waals surface area contributed by atoms with Gasteiger partial charge in [0.2, 0.25) is 5.89 Å². The molecule has 200 valence electrons. The third kappa shape index (κ3) is 3.12. The van der Waals surface area contributed by atoms with Crippen LogP contribution in [-0.4, -0.2) is 9.55 Å². The average molecular weight is 551 g/mol. The second-order valence-corrected chi connectivity index (χ2v) is 11.1. The third-order valence-electron chi connectivity index (χ3n) is 8.80. The van der Waals surface area contributed by atoms with Crippen LogP contribution in [0, 0.1) is 0 Å². The van der Waals surface area contributed by atoms with Crippen LogP contribution in [0.15, 0.2) is 142 Å². The summed E-state index contributed by atoms with van der Waals surface area (Å²) in [6.45, 7) is 0. The Hall–Kier alpha value is -5.87. The first-order valence-corrected chi connectivity index (χ1v) is 14.5. The Morgan fingerprint density at radius 3 is 2.16 bits per heavy atom. The summed E-state index contributed by atoms with van der Waals surface area (Å²) in [6, 6.07) is 46.7. The predicted molar refractivity (Wildman–Crippen MR) is 176 cm³/mol. The van der Waals surface area contributed by atoms with Crippen molar-refractivity contribution in [2.24, 2.45) is 0 Å². The number of para-hydroxylation sites is 3. The lowest BCUT2D eigenvalue weighted by molar-refractivity contribution is 0.620. The Morgan fingerprint density at radius 2 is 1.26 bits per heavy atom. The molecule has 0 N–H and O–H groups in total. The molecule has 0 aliphatic rings. The minimum Gasteiger partial charge on any atom is -0.456 e. The number of hydrogen-bond acceptors (Lipinski definition) is 3. The molecule has 0 aliphatic heterocycles. The fourth-order valence-electron chi connectivity index (χ4n) is 6.92. The summed E-state index contributed by atoms with van der Waals surface area (Å²) in [7, 11) is 0. The van der Waals surface area contributed by atoms with Crippen LogP contribution < -0.4 is 0 Å². The number of benzene rings is 7. The monoisotopic (exact) mass is 550 g/mol. The van der Waals surface area contributed by atoms with Crippen LogP contribution in [-0.2, 0) is 0 Å². The summed E-state index contributed by atoms with van der Waals surface area (Å²) in [5.41, 5.74) is 7.73. The van der Waals surface area contributed by atoms with Crippen LogP contribution in [0.3, 0.4) is 0 Å². The van der Waals surface area contributed by atoms with Gasteiger partial charge in [0.25, 0.3) is 0 Å². The highest BCUT2D eigenvalue weighted by Crippen LogP contribution is 2.43. The highest BCUT2D eigenvalue weighted by Gasteiger charge is 2.20. The lowest BCUT2D eigenvalue weighted by Gasteiger charge is -2.13. The van der Waals surface area contributed by atoms with Crippen molar-refractivity contribution >= 4 is 76.4 Å². The lowest BCUT2D eigenvalue weighted by atomic mass is 10.0. The Labute approximate surface area is 245 Å². The Bertz CT molecular complexity index is 2710. The maximum Gasteiger partial charge on any atom is 0.227 e. The van der Waals surface area contributed by atoms with E-state index >= 15 is 0 Å². The maximum atomic E-state index is 6.60. The van der Waals surface area contributed by atoms with Gasteiger partial charge in [-0.15, -0.1) is 0 Å². The van der Waals surface area contributed by atoms with Gasteiger partial charge < -0.3 is 13.4 Å². The van der Waals surface area contributed by atoms with E-state index in [0.29, 0.717) is 5.89 Å². The minimum absolute atomic E-state index is 0.607. The van der Waals surface area contributed by atoms with E-state index in [1.165, 1.54) is 38.0 Å². The number of hydrogen-bond donors (Lipinski definition) is 0. The van der Waals surface area contributed by atoms with Crippen molar-refractivity contribution in [1.29, 1.82) is 0 Å². The normalized spacial score (nSPS) is 12.2. The van der Waals surface area contributed by atoms with E-state index in [9.17, 15) is 0 Å². The van der Waals surface area contributed by atoms with Gasteiger partial charge in [0.05, 0.1) is 16.7 Å². The highest BCUT2D eigenvalue weighted by atomic mass is 16.3. The zero-order valence-electron chi connectivity index (χ0n) is 22.9. The standard InChI is InChI=1S/C39H22N2O2/c1-2-10-25-23(9-1)17-19-29-27-12-5-7-15-32(27)41(38(25)29)33-22-36-37(28-13-4-3-11-26(28)33)30-21-24(18-20-34(30)42-36)39-40-31-14-6-8-16-35(31)43-39/h1-22H. The van der Waals surface area contributed by atoms with Gasteiger partial charge in [0.15, 0.2) is 5.58 Å². The van der Waals surface area contributed by atoms with Crippen LogP contribution in [0.5, 0.6) is 0 Å². The van der Waals surface area contributed by atoms with Crippen LogP contribution in [0.4, 0.5) is 0 Å². The molecule has 4 nitrogen and oxygen atoms in total. The average Bonchev–Trinajstić information content (AvgIpc) is 3.76. The van der Waals surface area contributed by atoms with Crippen molar-refractivity contribution < 1.29 is 8.83 Å².